The van der Waals surface area contributed by atoms with Gasteiger partial charge in [-0.05, 0) is 37.5 Å². The molecule has 1 aromatic rings. The molecule has 1 amide bonds. The second-order valence-corrected chi connectivity index (χ2v) is 5.21. The van der Waals surface area contributed by atoms with Crippen LogP contribution in [0, 0.1) is 0 Å². The number of amides is 1. The lowest BCUT2D eigenvalue weighted by Gasteiger charge is -2.22. The van der Waals surface area contributed by atoms with Crippen molar-refractivity contribution in [3.8, 4) is 0 Å². The number of anilines is 1. The van der Waals surface area contributed by atoms with Gasteiger partial charge in [0, 0.05) is 17.3 Å². The predicted octanol–water partition coefficient (Wildman–Crippen LogP) is 2.94. The van der Waals surface area contributed by atoms with E-state index in [0.29, 0.717) is 12.3 Å². The highest BCUT2D eigenvalue weighted by Gasteiger charge is 2.18. The number of benzene rings is 1. The normalized spacial score (nSPS) is 18.6. The van der Waals surface area contributed by atoms with Gasteiger partial charge in [-0.3, -0.25) is 4.79 Å². The van der Waals surface area contributed by atoms with Crippen LogP contribution in [0.15, 0.2) is 18.2 Å². The van der Waals surface area contributed by atoms with Crippen LogP contribution in [0.3, 0.4) is 0 Å². The van der Waals surface area contributed by atoms with E-state index in [1.165, 1.54) is 18.2 Å². The Hall–Kier alpha value is -1.59. The zero-order valence-electron chi connectivity index (χ0n) is 10.9. The summed E-state index contributed by atoms with van der Waals surface area (Å²) < 4.78 is 5.49. The van der Waals surface area contributed by atoms with Crippen LogP contribution in [0.2, 0.25) is 5.02 Å². The molecule has 0 spiro atoms. The van der Waals surface area contributed by atoms with Crippen LogP contribution in [0.4, 0.5) is 5.69 Å². The summed E-state index contributed by atoms with van der Waals surface area (Å²) in [5, 5.41) is 11.9. The number of halogens is 1. The molecule has 0 bridgehead atoms. The van der Waals surface area contributed by atoms with E-state index < -0.39 is 5.97 Å². The molecular weight excluding hydrogens is 282 g/mol. The Kier molecular flexibility index (Phi) is 4.98. The van der Waals surface area contributed by atoms with E-state index in [4.69, 9.17) is 21.4 Å². The number of ether oxygens (including phenoxy) is 1. The van der Waals surface area contributed by atoms with Gasteiger partial charge in [-0.2, -0.15) is 0 Å². The number of hydrogen-bond donors (Lipinski definition) is 2. The summed E-state index contributed by atoms with van der Waals surface area (Å²) in [6.07, 6.45) is 3.20. The summed E-state index contributed by atoms with van der Waals surface area (Å²) in [5.74, 6) is -1.28. The molecular formula is C14H16ClNO4. The molecule has 1 fully saturated rings. The third-order valence-electron chi connectivity index (χ3n) is 3.12. The van der Waals surface area contributed by atoms with Crippen molar-refractivity contribution < 1.29 is 19.4 Å². The number of nitrogens with one attached hydrogen (secondary N) is 1. The van der Waals surface area contributed by atoms with E-state index in [0.717, 1.165) is 19.3 Å². The number of carboxylic acid groups (broad SMARTS) is 1. The molecule has 1 heterocycles. The van der Waals surface area contributed by atoms with Crippen LogP contribution in [0.25, 0.3) is 0 Å². The predicted molar refractivity (Wildman–Crippen MR) is 75.2 cm³/mol. The average Bonchev–Trinajstić information content (AvgIpc) is 2.38. The van der Waals surface area contributed by atoms with Gasteiger partial charge in [-0.25, -0.2) is 4.79 Å². The van der Waals surface area contributed by atoms with Gasteiger partial charge in [0.2, 0.25) is 5.91 Å². The number of hydrogen-bond acceptors (Lipinski definition) is 3. The zero-order valence-corrected chi connectivity index (χ0v) is 11.7. The molecule has 6 heteroatoms. The number of carbonyl (C=O) groups excluding carboxylic acids is 1. The summed E-state index contributed by atoms with van der Waals surface area (Å²) in [7, 11) is 0. The SMILES string of the molecule is O=C(CC1CCCCO1)Nc1cc(Cl)cc(C(=O)O)c1. The number of aromatic carboxylic acids is 1. The molecule has 1 aliphatic heterocycles. The highest BCUT2D eigenvalue weighted by atomic mass is 35.5. The van der Waals surface area contributed by atoms with Crippen molar-refractivity contribution >= 4 is 29.2 Å². The van der Waals surface area contributed by atoms with Crippen molar-refractivity contribution in [3.63, 3.8) is 0 Å². The van der Waals surface area contributed by atoms with Crippen molar-refractivity contribution in [3.05, 3.63) is 28.8 Å². The van der Waals surface area contributed by atoms with Crippen molar-refractivity contribution in [1.29, 1.82) is 0 Å². The first kappa shape index (κ1) is 14.8. The van der Waals surface area contributed by atoms with Gasteiger partial charge in [-0.15, -0.1) is 0 Å². The van der Waals surface area contributed by atoms with Crippen molar-refractivity contribution in [1.82, 2.24) is 0 Å². The molecule has 2 N–H and O–H groups in total. The minimum atomic E-state index is -1.08. The van der Waals surface area contributed by atoms with E-state index in [-0.39, 0.29) is 29.0 Å². The minimum Gasteiger partial charge on any atom is -0.478 e. The summed E-state index contributed by atoms with van der Waals surface area (Å²) in [5.41, 5.74) is 0.428. The van der Waals surface area contributed by atoms with Crippen LogP contribution in [0.1, 0.15) is 36.0 Å². The molecule has 1 saturated heterocycles. The van der Waals surface area contributed by atoms with Gasteiger partial charge < -0.3 is 15.2 Å². The summed E-state index contributed by atoms with van der Waals surface area (Å²) >= 11 is 5.83. The van der Waals surface area contributed by atoms with Crippen molar-refractivity contribution in [2.75, 3.05) is 11.9 Å². The van der Waals surface area contributed by atoms with E-state index in [2.05, 4.69) is 5.32 Å². The van der Waals surface area contributed by atoms with Gasteiger partial charge >= 0.3 is 5.97 Å². The molecule has 0 aliphatic carbocycles. The van der Waals surface area contributed by atoms with Crippen LogP contribution in [0.5, 0.6) is 0 Å². The molecule has 0 aromatic heterocycles. The van der Waals surface area contributed by atoms with E-state index in [1.807, 2.05) is 0 Å². The van der Waals surface area contributed by atoms with Crippen LogP contribution in [-0.2, 0) is 9.53 Å². The number of carboxylic acids is 1. The monoisotopic (exact) mass is 297 g/mol. The highest BCUT2D eigenvalue weighted by molar-refractivity contribution is 6.31. The second kappa shape index (κ2) is 6.72. The van der Waals surface area contributed by atoms with Gasteiger partial charge in [0.25, 0.3) is 0 Å². The molecule has 2 rings (SSSR count). The van der Waals surface area contributed by atoms with E-state index in [1.54, 1.807) is 0 Å². The second-order valence-electron chi connectivity index (χ2n) is 4.77. The molecule has 20 heavy (non-hydrogen) atoms. The van der Waals surface area contributed by atoms with Crippen LogP contribution in [-0.4, -0.2) is 29.7 Å². The third kappa shape index (κ3) is 4.21. The Bertz CT molecular complexity index is 512. The molecule has 1 aliphatic rings. The highest BCUT2D eigenvalue weighted by Crippen LogP contribution is 2.21. The topological polar surface area (TPSA) is 75.6 Å². The zero-order chi connectivity index (χ0) is 14.5. The Balaban J connectivity index is 1.98. The Morgan fingerprint density at radius 2 is 2.15 bits per heavy atom. The fourth-order valence-corrected chi connectivity index (χ4v) is 2.41. The lowest BCUT2D eigenvalue weighted by atomic mass is 10.1. The summed E-state index contributed by atoms with van der Waals surface area (Å²) in [6, 6.07) is 4.24. The molecule has 5 nitrogen and oxygen atoms in total. The average molecular weight is 298 g/mol. The van der Waals surface area contributed by atoms with Gasteiger partial charge in [0.15, 0.2) is 0 Å². The fourth-order valence-electron chi connectivity index (χ4n) is 2.17. The molecule has 0 radical (unpaired) electrons. The first-order valence-corrected chi connectivity index (χ1v) is 6.88. The lowest BCUT2D eigenvalue weighted by molar-refractivity contribution is -0.119. The van der Waals surface area contributed by atoms with Crippen molar-refractivity contribution in [2.45, 2.75) is 31.8 Å². The van der Waals surface area contributed by atoms with E-state index >= 15 is 0 Å². The third-order valence-corrected chi connectivity index (χ3v) is 3.33. The largest absolute Gasteiger partial charge is 0.478 e. The summed E-state index contributed by atoms with van der Waals surface area (Å²) in [6.45, 7) is 0.693. The van der Waals surface area contributed by atoms with Gasteiger partial charge in [0.05, 0.1) is 18.1 Å². The first-order valence-electron chi connectivity index (χ1n) is 6.50. The van der Waals surface area contributed by atoms with Crippen molar-refractivity contribution in [2.24, 2.45) is 0 Å². The minimum absolute atomic E-state index is 0.0433. The first-order chi connectivity index (χ1) is 9.54. The van der Waals surface area contributed by atoms with Crippen LogP contribution < -0.4 is 5.32 Å². The van der Waals surface area contributed by atoms with Gasteiger partial charge in [0.1, 0.15) is 0 Å². The molecule has 108 valence electrons. The fraction of sp³-hybridized carbons (Fsp3) is 0.429. The molecule has 0 saturated carbocycles. The van der Waals surface area contributed by atoms with Gasteiger partial charge in [-0.1, -0.05) is 11.6 Å². The van der Waals surface area contributed by atoms with E-state index in [9.17, 15) is 9.59 Å². The maximum Gasteiger partial charge on any atom is 0.335 e. The lowest BCUT2D eigenvalue weighted by Crippen LogP contribution is -2.25. The maximum atomic E-state index is 11.9. The number of rotatable bonds is 4. The Labute approximate surface area is 121 Å². The molecule has 1 aromatic carbocycles. The number of carbonyl (C=O) groups is 2. The van der Waals surface area contributed by atoms with Crippen LogP contribution >= 0.6 is 11.6 Å². The maximum absolute atomic E-state index is 11.9. The Morgan fingerprint density at radius 1 is 1.35 bits per heavy atom. The standard InChI is InChI=1S/C14H16ClNO4/c15-10-5-9(14(18)19)6-11(7-10)16-13(17)8-12-3-1-2-4-20-12/h5-7,12H,1-4,8H2,(H,16,17)(H,18,19). The quantitative estimate of drug-likeness (QED) is 0.896. The summed E-state index contributed by atoms with van der Waals surface area (Å²) in [4.78, 5) is 22.8. The smallest absolute Gasteiger partial charge is 0.335 e. The Morgan fingerprint density at radius 3 is 2.80 bits per heavy atom. The molecule has 1 atom stereocenters. The molecule has 1 unspecified atom stereocenters.